The van der Waals surface area contributed by atoms with Gasteiger partial charge in [-0.05, 0) is 45.0 Å². The van der Waals surface area contributed by atoms with E-state index in [4.69, 9.17) is 0 Å². The maximum atomic E-state index is 11.0. The number of likely N-dealkylation sites (N-methyl/N-ethyl adjacent to an activating group) is 1. The number of hydrogen-bond acceptors (Lipinski definition) is 4. The van der Waals surface area contributed by atoms with Crippen molar-refractivity contribution in [1.29, 1.82) is 0 Å². The first-order valence-corrected chi connectivity index (χ1v) is 6.26. The minimum Gasteiger partial charge on any atom is -0.375 e. The van der Waals surface area contributed by atoms with Gasteiger partial charge in [0.15, 0.2) is 0 Å². The summed E-state index contributed by atoms with van der Waals surface area (Å²) in [7, 11) is 2.08. The summed E-state index contributed by atoms with van der Waals surface area (Å²) < 4.78 is 0. The molecule has 5 heteroatoms. The average Bonchev–Trinajstić information content (AvgIpc) is 2.28. The van der Waals surface area contributed by atoms with Crippen molar-refractivity contribution in [3.8, 4) is 0 Å². The smallest absolute Gasteiger partial charge is 0.292 e. The molecule has 0 aliphatic carbocycles. The van der Waals surface area contributed by atoms with Gasteiger partial charge in [-0.3, -0.25) is 10.1 Å². The third-order valence-electron chi connectivity index (χ3n) is 3.33. The molecule has 5 nitrogen and oxygen atoms in total. The molecule has 1 unspecified atom stereocenters. The predicted molar refractivity (Wildman–Crippen MR) is 72.0 cm³/mol. The Morgan fingerprint density at radius 1 is 1.50 bits per heavy atom. The molecule has 1 aromatic carbocycles. The number of nitro groups is 1. The molecular weight excluding hydrogens is 230 g/mol. The van der Waals surface area contributed by atoms with Crippen molar-refractivity contribution in [2.45, 2.75) is 25.8 Å². The number of anilines is 1. The number of rotatable bonds is 3. The van der Waals surface area contributed by atoms with Crippen molar-refractivity contribution in [3.63, 3.8) is 0 Å². The number of nitro benzene ring substituents is 1. The van der Waals surface area contributed by atoms with Crippen LogP contribution in [-0.4, -0.2) is 36.0 Å². The van der Waals surface area contributed by atoms with E-state index in [1.165, 1.54) is 0 Å². The van der Waals surface area contributed by atoms with Crippen LogP contribution in [0.2, 0.25) is 0 Å². The van der Waals surface area contributed by atoms with Gasteiger partial charge in [0.25, 0.3) is 5.69 Å². The topological polar surface area (TPSA) is 58.4 Å². The molecule has 1 heterocycles. The van der Waals surface area contributed by atoms with Gasteiger partial charge in [0, 0.05) is 18.7 Å². The fraction of sp³-hybridized carbons (Fsp3) is 0.538. The molecule has 0 aromatic heterocycles. The Hall–Kier alpha value is -1.62. The van der Waals surface area contributed by atoms with Crippen molar-refractivity contribution in [3.05, 3.63) is 33.9 Å². The van der Waals surface area contributed by atoms with Crippen molar-refractivity contribution < 1.29 is 4.92 Å². The third kappa shape index (κ3) is 2.98. The van der Waals surface area contributed by atoms with Gasteiger partial charge in [-0.2, -0.15) is 0 Å². The van der Waals surface area contributed by atoms with Gasteiger partial charge in [-0.1, -0.05) is 6.07 Å². The molecule has 1 aliphatic heterocycles. The first kappa shape index (κ1) is 12.8. The van der Waals surface area contributed by atoms with Crippen LogP contribution >= 0.6 is 0 Å². The summed E-state index contributed by atoms with van der Waals surface area (Å²) >= 11 is 0. The summed E-state index contributed by atoms with van der Waals surface area (Å²) in [5.41, 5.74) is 1.83. The third-order valence-corrected chi connectivity index (χ3v) is 3.33. The van der Waals surface area contributed by atoms with Crippen molar-refractivity contribution in [2.75, 3.05) is 25.5 Å². The first-order valence-electron chi connectivity index (χ1n) is 6.26. The SMILES string of the molecule is Cc1ccc([N+](=O)[O-])c(NC2CCCN(C)C2)c1. The molecule has 0 radical (unpaired) electrons. The zero-order valence-electron chi connectivity index (χ0n) is 10.8. The zero-order valence-corrected chi connectivity index (χ0v) is 10.8. The summed E-state index contributed by atoms with van der Waals surface area (Å²) in [6.45, 7) is 3.99. The molecule has 1 N–H and O–H groups in total. The molecule has 1 fully saturated rings. The number of nitrogens with zero attached hydrogens (tertiary/aromatic N) is 2. The molecule has 0 saturated carbocycles. The van der Waals surface area contributed by atoms with Crippen LogP contribution in [0.15, 0.2) is 18.2 Å². The second-order valence-corrected chi connectivity index (χ2v) is 5.02. The zero-order chi connectivity index (χ0) is 13.1. The van der Waals surface area contributed by atoms with Crippen LogP contribution in [0.1, 0.15) is 18.4 Å². The number of nitrogens with one attached hydrogen (secondary N) is 1. The summed E-state index contributed by atoms with van der Waals surface area (Å²) in [6.07, 6.45) is 2.20. The molecule has 0 bridgehead atoms. The minimum atomic E-state index is -0.325. The molecule has 0 amide bonds. The van der Waals surface area contributed by atoms with Gasteiger partial charge < -0.3 is 10.2 Å². The molecule has 1 saturated heterocycles. The lowest BCUT2D eigenvalue weighted by molar-refractivity contribution is -0.384. The molecule has 0 spiro atoms. The predicted octanol–water partition coefficient (Wildman–Crippen LogP) is 2.41. The highest BCUT2D eigenvalue weighted by Gasteiger charge is 2.20. The van der Waals surface area contributed by atoms with Crippen molar-refractivity contribution >= 4 is 11.4 Å². The van der Waals surface area contributed by atoms with E-state index in [1.54, 1.807) is 12.1 Å². The van der Waals surface area contributed by atoms with Gasteiger partial charge in [0.05, 0.1) is 4.92 Å². The standard InChI is InChI=1S/C13H19N3O2/c1-10-5-6-13(16(17)18)12(8-10)14-11-4-3-7-15(2)9-11/h5-6,8,11,14H,3-4,7,9H2,1-2H3. The first-order chi connectivity index (χ1) is 8.56. The summed E-state index contributed by atoms with van der Waals surface area (Å²) in [5, 5.41) is 14.3. The van der Waals surface area contributed by atoms with Crippen molar-refractivity contribution in [1.82, 2.24) is 4.90 Å². The van der Waals surface area contributed by atoms with Crippen LogP contribution in [0.5, 0.6) is 0 Å². The number of benzene rings is 1. The highest BCUT2D eigenvalue weighted by atomic mass is 16.6. The monoisotopic (exact) mass is 249 g/mol. The average molecular weight is 249 g/mol. The van der Waals surface area contributed by atoms with Gasteiger partial charge >= 0.3 is 0 Å². The maximum Gasteiger partial charge on any atom is 0.292 e. The van der Waals surface area contributed by atoms with Crippen molar-refractivity contribution in [2.24, 2.45) is 0 Å². The van der Waals surface area contributed by atoms with E-state index in [1.807, 2.05) is 13.0 Å². The van der Waals surface area contributed by atoms with E-state index >= 15 is 0 Å². The van der Waals surface area contributed by atoms with E-state index in [0.29, 0.717) is 11.7 Å². The molecular formula is C13H19N3O2. The van der Waals surface area contributed by atoms with E-state index in [0.717, 1.165) is 31.5 Å². The van der Waals surface area contributed by atoms with Gasteiger partial charge in [0.1, 0.15) is 5.69 Å². The lowest BCUT2D eigenvalue weighted by Crippen LogP contribution is -2.39. The van der Waals surface area contributed by atoms with Crippen LogP contribution in [-0.2, 0) is 0 Å². The number of aryl methyl sites for hydroxylation is 1. The summed E-state index contributed by atoms with van der Waals surface area (Å²) in [4.78, 5) is 12.9. The van der Waals surface area contributed by atoms with Crippen LogP contribution in [0.4, 0.5) is 11.4 Å². The second kappa shape index (κ2) is 5.35. The van der Waals surface area contributed by atoms with Gasteiger partial charge in [-0.15, -0.1) is 0 Å². The molecule has 18 heavy (non-hydrogen) atoms. The molecule has 2 rings (SSSR count). The van der Waals surface area contributed by atoms with Crippen LogP contribution in [0.3, 0.4) is 0 Å². The number of likely N-dealkylation sites (tertiary alicyclic amines) is 1. The summed E-state index contributed by atoms with van der Waals surface area (Å²) in [6, 6.07) is 5.50. The molecule has 98 valence electrons. The Bertz CT molecular complexity index is 448. The van der Waals surface area contributed by atoms with E-state index in [-0.39, 0.29) is 10.6 Å². The highest BCUT2D eigenvalue weighted by Crippen LogP contribution is 2.27. The number of piperidine rings is 1. The minimum absolute atomic E-state index is 0.161. The Morgan fingerprint density at radius 2 is 2.28 bits per heavy atom. The summed E-state index contributed by atoms with van der Waals surface area (Å²) in [5.74, 6) is 0. The molecule has 1 aliphatic rings. The van der Waals surface area contributed by atoms with Gasteiger partial charge in [-0.25, -0.2) is 0 Å². The molecule has 1 aromatic rings. The van der Waals surface area contributed by atoms with Gasteiger partial charge in [0.2, 0.25) is 0 Å². The van der Waals surface area contributed by atoms with Crippen LogP contribution in [0.25, 0.3) is 0 Å². The molecule has 1 atom stereocenters. The Morgan fingerprint density at radius 3 is 2.94 bits per heavy atom. The fourth-order valence-corrected chi connectivity index (χ4v) is 2.43. The fourth-order valence-electron chi connectivity index (χ4n) is 2.43. The number of hydrogen-bond donors (Lipinski definition) is 1. The maximum absolute atomic E-state index is 11.0. The Labute approximate surface area is 107 Å². The van der Waals surface area contributed by atoms with Crippen LogP contribution < -0.4 is 5.32 Å². The Balaban J connectivity index is 2.16. The van der Waals surface area contributed by atoms with E-state index < -0.39 is 0 Å². The Kier molecular flexibility index (Phi) is 3.81. The lowest BCUT2D eigenvalue weighted by atomic mass is 10.1. The normalized spacial score (nSPS) is 20.7. The second-order valence-electron chi connectivity index (χ2n) is 5.02. The largest absolute Gasteiger partial charge is 0.375 e. The van der Waals surface area contributed by atoms with Crippen LogP contribution in [0, 0.1) is 17.0 Å². The van der Waals surface area contributed by atoms with E-state index in [9.17, 15) is 10.1 Å². The quantitative estimate of drug-likeness (QED) is 0.660. The highest BCUT2D eigenvalue weighted by molar-refractivity contribution is 5.63. The van der Waals surface area contributed by atoms with E-state index in [2.05, 4.69) is 17.3 Å². The lowest BCUT2D eigenvalue weighted by Gasteiger charge is -2.30.